The molecule has 5 nitrogen and oxygen atoms in total. The number of nitrogens with zero attached hydrogens (tertiary/aromatic N) is 3. The van der Waals surface area contributed by atoms with E-state index in [4.69, 9.17) is 0 Å². The predicted octanol–water partition coefficient (Wildman–Crippen LogP) is 5.58. The van der Waals surface area contributed by atoms with Crippen molar-refractivity contribution < 1.29 is 26.3 Å². The molecule has 0 saturated heterocycles. The van der Waals surface area contributed by atoms with E-state index in [-0.39, 0.29) is 17.7 Å². The molecule has 3 aromatic rings. The second-order valence-corrected chi connectivity index (χ2v) is 6.55. The number of alkyl halides is 6. The van der Waals surface area contributed by atoms with Crippen molar-refractivity contribution in [2.75, 3.05) is 5.32 Å². The Bertz CT molecular complexity index is 1100. The lowest BCUT2D eigenvalue weighted by atomic mass is 10.0. The Hall–Kier alpha value is -3.63. The molecule has 0 atom stereocenters. The highest BCUT2D eigenvalue weighted by molar-refractivity contribution is 5.81. The average Bonchev–Trinajstić information content (AvgIpc) is 3.15. The molecule has 0 radical (unpaired) electrons. The van der Waals surface area contributed by atoms with E-state index in [2.05, 4.69) is 38.6 Å². The van der Waals surface area contributed by atoms with Gasteiger partial charge in [-0.3, -0.25) is 15.1 Å². The summed E-state index contributed by atoms with van der Waals surface area (Å²) in [6.45, 7) is 7.63. The summed E-state index contributed by atoms with van der Waals surface area (Å²) in [4.78, 5) is 6.99. The first-order chi connectivity index (χ1) is 14.4. The molecule has 162 valence electrons. The minimum Gasteiger partial charge on any atom is -0.352 e. The lowest BCUT2D eigenvalue weighted by Gasteiger charge is -2.13. The molecular formula is C20H15F6N5. The summed E-state index contributed by atoms with van der Waals surface area (Å²) in [6, 6.07) is 3.07. The second-order valence-electron chi connectivity index (χ2n) is 6.55. The predicted molar refractivity (Wildman–Crippen MR) is 102 cm³/mol. The number of hydrogen-bond acceptors (Lipinski definition) is 4. The van der Waals surface area contributed by atoms with Gasteiger partial charge in [0.1, 0.15) is 5.69 Å². The van der Waals surface area contributed by atoms with E-state index in [1.807, 2.05) is 0 Å². The number of hydrogen-bond donors (Lipinski definition) is 2. The van der Waals surface area contributed by atoms with Gasteiger partial charge in [0.05, 0.1) is 23.1 Å². The highest BCUT2D eigenvalue weighted by Crippen LogP contribution is 2.32. The van der Waals surface area contributed by atoms with E-state index in [1.165, 1.54) is 18.5 Å². The molecule has 0 spiro atoms. The number of anilines is 1. The molecule has 0 aliphatic carbocycles. The smallest absolute Gasteiger partial charge is 0.352 e. The summed E-state index contributed by atoms with van der Waals surface area (Å²) in [5.74, 6) is 0. The fourth-order valence-electron chi connectivity index (χ4n) is 2.68. The highest BCUT2D eigenvalue weighted by atomic mass is 19.4. The van der Waals surface area contributed by atoms with Gasteiger partial charge in [-0.25, -0.2) is 0 Å². The molecule has 0 aromatic carbocycles. The number of aromatic nitrogens is 4. The molecule has 0 amide bonds. The monoisotopic (exact) mass is 439 g/mol. The van der Waals surface area contributed by atoms with Crippen LogP contribution in [0.5, 0.6) is 0 Å². The number of H-pyrrole nitrogens is 1. The van der Waals surface area contributed by atoms with Gasteiger partial charge in [0.2, 0.25) is 0 Å². The van der Waals surface area contributed by atoms with Crippen LogP contribution in [0.25, 0.3) is 11.3 Å². The van der Waals surface area contributed by atoms with Crippen LogP contribution in [0.1, 0.15) is 28.1 Å². The number of halogens is 6. The summed E-state index contributed by atoms with van der Waals surface area (Å²) in [5.41, 5.74) is 0.102. The van der Waals surface area contributed by atoms with Crippen molar-refractivity contribution in [2.45, 2.75) is 18.8 Å². The van der Waals surface area contributed by atoms with Gasteiger partial charge in [0.25, 0.3) is 0 Å². The molecule has 0 saturated carbocycles. The van der Waals surface area contributed by atoms with Crippen LogP contribution >= 0.6 is 0 Å². The lowest BCUT2D eigenvalue weighted by molar-refractivity contribution is -0.141. The number of rotatable bonds is 6. The van der Waals surface area contributed by atoms with Gasteiger partial charge in [0, 0.05) is 36.3 Å². The summed E-state index contributed by atoms with van der Waals surface area (Å²) in [6.07, 6.45) is -4.49. The Morgan fingerprint density at radius 3 is 2.32 bits per heavy atom. The molecule has 0 fully saturated rings. The Balaban J connectivity index is 1.73. The number of nitrogens with one attached hydrogen (secondary N) is 2. The molecule has 11 heteroatoms. The molecule has 0 aliphatic heterocycles. The van der Waals surface area contributed by atoms with Crippen molar-refractivity contribution in [1.29, 1.82) is 0 Å². The molecule has 0 unspecified atom stereocenters. The Kier molecular flexibility index (Phi) is 5.87. The standard InChI is InChI=1S/C20H15F6N5/c1-11(5-13-3-4-17(28-7-13)20(24,25)26)18-16(10-29-31-18)30-12(2)14-6-15(9-27-8-14)19(21,22)23/h3-4,6-10,30H,1-2,5H2,(H,29,31). The van der Waals surface area contributed by atoms with Crippen LogP contribution in [0, 0.1) is 0 Å². The van der Waals surface area contributed by atoms with Crippen molar-refractivity contribution in [2.24, 2.45) is 0 Å². The third-order valence-electron chi connectivity index (χ3n) is 4.23. The normalized spacial score (nSPS) is 11.9. The number of allylic oxidation sites excluding steroid dienone is 1. The minimum atomic E-state index is -4.55. The van der Waals surface area contributed by atoms with Crippen LogP contribution in [-0.4, -0.2) is 20.2 Å². The summed E-state index contributed by atoms with van der Waals surface area (Å²) < 4.78 is 76.6. The molecule has 0 aliphatic rings. The average molecular weight is 439 g/mol. The molecule has 2 N–H and O–H groups in total. The first-order valence-electron chi connectivity index (χ1n) is 8.67. The van der Waals surface area contributed by atoms with Gasteiger partial charge >= 0.3 is 12.4 Å². The van der Waals surface area contributed by atoms with E-state index in [0.29, 0.717) is 28.7 Å². The van der Waals surface area contributed by atoms with Crippen molar-refractivity contribution in [1.82, 2.24) is 20.2 Å². The fourth-order valence-corrected chi connectivity index (χ4v) is 2.68. The van der Waals surface area contributed by atoms with Crippen LogP contribution in [-0.2, 0) is 18.8 Å². The van der Waals surface area contributed by atoms with Crippen LogP contribution in [0.15, 0.2) is 56.1 Å². The number of pyridine rings is 2. The molecule has 3 heterocycles. The summed E-state index contributed by atoms with van der Waals surface area (Å²) >= 11 is 0. The quantitative estimate of drug-likeness (QED) is 0.493. The molecule has 3 aromatic heterocycles. The second kappa shape index (κ2) is 8.25. The maximum Gasteiger partial charge on any atom is 0.433 e. The maximum absolute atomic E-state index is 12.9. The maximum atomic E-state index is 12.9. The van der Waals surface area contributed by atoms with E-state index in [9.17, 15) is 26.3 Å². The molecule has 31 heavy (non-hydrogen) atoms. The van der Waals surface area contributed by atoms with Crippen molar-refractivity contribution in [3.63, 3.8) is 0 Å². The Labute approximate surface area is 172 Å². The van der Waals surface area contributed by atoms with Gasteiger partial charge in [0.15, 0.2) is 0 Å². The van der Waals surface area contributed by atoms with Gasteiger partial charge in [-0.2, -0.15) is 31.4 Å². The lowest BCUT2D eigenvalue weighted by Crippen LogP contribution is -2.08. The summed E-state index contributed by atoms with van der Waals surface area (Å²) in [7, 11) is 0. The zero-order chi connectivity index (χ0) is 22.8. The highest BCUT2D eigenvalue weighted by Gasteiger charge is 2.32. The minimum absolute atomic E-state index is 0.125. The first-order valence-corrected chi connectivity index (χ1v) is 8.67. The third-order valence-corrected chi connectivity index (χ3v) is 4.23. The Morgan fingerprint density at radius 2 is 1.71 bits per heavy atom. The third kappa shape index (κ3) is 5.30. The summed E-state index contributed by atoms with van der Waals surface area (Å²) in [5, 5.41) is 9.45. The molecule has 3 rings (SSSR count). The zero-order valence-corrected chi connectivity index (χ0v) is 15.8. The SMILES string of the molecule is C=C(Nc1cn[nH]c1C(=C)Cc1ccc(C(F)(F)F)nc1)c1cncc(C(F)(F)F)c1. The largest absolute Gasteiger partial charge is 0.433 e. The van der Waals surface area contributed by atoms with E-state index in [1.54, 1.807) is 0 Å². The van der Waals surface area contributed by atoms with E-state index >= 15 is 0 Å². The number of aromatic amines is 1. The Morgan fingerprint density at radius 1 is 0.968 bits per heavy atom. The van der Waals surface area contributed by atoms with Gasteiger partial charge < -0.3 is 5.32 Å². The topological polar surface area (TPSA) is 66.5 Å². The van der Waals surface area contributed by atoms with E-state index in [0.717, 1.165) is 18.3 Å². The van der Waals surface area contributed by atoms with Gasteiger partial charge in [-0.15, -0.1) is 0 Å². The van der Waals surface area contributed by atoms with Crippen LogP contribution in [0.2, 0.25) is 0 Å². The van der Waals surface area contributed by atoms with Crippen molar-refractivity contribution in [3.8, 4) is 0 Å². The zero-order valence-electron chi connectivity index (χ0n) is 15.8. The van der Waals surface area contributed by atoms with Crippen molar-refractivity contribution >= 4 is 17.0 Å². The van der Waals surface area contributed by atoms with Gasteiger partial charge in [-0.05, 0) is 23.3 Å². The van der Waals surface area contributed by atoms with Crippen LogP contribution in [0.4, 0.5) is 32.0 Å². The first kappa shape index (κ1) is 22.1. The molecule has 0 bridgehead atoms. The van der Waals surface area contributed by atoms with Crippen LogP contribution < -0.4 is 5.32 Å². The fraction of sp³-hybridized carbons (Fsp3) is 0.150. The van der Waals surface area contributed by atoms with Crippen molar-refractivity contribution in [3.05, 3.63) is 84.2 Å². The van der Waals surface area contributed by atoms with Gasteiger partial charge in [-0.1, -0.05) is 19.2 Å². The molecular weight excluding hydrogens is 424 g/mol. The van der Waals surface area contributed by atoms with E-state index < -0.39 is 23.6 Å². The van der Waals surface area contributed by atoms with Crippen LogP contribution in [0.3, 0.4) is 0 Å².